The van der Waals surface area contributed by atoms with Crippen LogP contribution in [0.1, 0.15) is 41.6 Å². The topological polar surface area (TPSA) is 83.5 Å². The zero-order chi connectivity index (χ0) is 15.5. The quantitative estimate of drug-likeness (QED) is 0.877. The molecular formula is C15H21NO4S. The summed E-state index contributed by atoms with van der Waals surface area (Å²) in [5.74, 6) is -0.261. The molecular weight excluding hydrogens is 290 g/mol. The van der Waals surface area contributed by atoms with Gasteiger partial charge in [-0.2, -0.15) is 0 Å². The first-order valence-electron chi connectivity index (χ1n) is 7.11. The Morgan fingerprint density at radius 1 is 1.24 bits per heavy atom. The summed E-state index contributed by atoms with van der Waals surface area (Å²) in [6, 6.07) is 6.33. The largest absolute Gasteiger partial charge is 0.391 e. The van der Waals surface area contributed by atoms with Crippen molar-refractivity contribution in [2.24, 2.45) is 0 Å². The number of sulfone groups is 1. The van der Waals surface area contributed by atoms with Gasteiger partial charge >= 0.3 is 0 Å². The van der Waals surface area contributed by atoms with Crippen molar-refractivity contribution in [3.8, 4) is 0 Å². The van der Waals surface area contributed by atoms with E-state index in [2.05, 4.69) is 5.32 Å². The predicted octanol–water partition coefficient (Wildman–Crippen LogP) is 1.26. The highest BCUT2D eigenvalue weighted by Gasteiger charge is 2.24. The second-order valence-corrected chi connectivity index (χ2v) is 7.84. The first-order chi connectivity index (χ1) is 9.85. The fraction of sp³-hybridized carbons (Fsp3) is 0.533. The van der Waals surface area contributed by atoms with E-state index in [1.165, 1.54) is 6.26 Å². The van der Waals surface area contributed by atoms with Gasteiger partial charge in [-0.1, -0.05) is 25.0 Å². The number of nitrogens with one attached hydrogen (secondary N) is 1. The molecule has 0 unspecified atom stereocenters. The van der Waals surface area contributed by atoms with Crippen LogP contribution >= 0.6 is 0 Å². The van der Waals surface area contributed by atoms with Crippen LogP contribution in [0.3, 0.4) is 0 Å². The van der Waals surface area contributed by atoms with Gasteiger partial charge in [-0.3, -0.25) is 4.79 Å². The number of amides is 1. The zero-order valence-electron chi connectivity index (χ0n) is 12.1. The minimum absolute atomic E-state index is 0.0315. The van der Waals surface area contributed by atoms with E-state index in [-0.39, 0.29) is 17.7 Å². The molecule has 0 aliphatic heterocycles. The van der Waals surface area contributed by atoms with Crippen molar-refractivity contribution in [2.45, 2.75) is 43.6 Å². The number of benzene rings is 1. The third kappa shape index (κ3) is 4.82. The van der Waals surface area contributed by atoms with Crippen molar-refractivity contribution in [1.82, 2.24) is 5.32 Å². The van der Waals surface area contributed by atoms with Gasteiger partial charge < -0.3 is 10.4 Å². The second kappa shape index (κ2) is 6.58. The molecule has 0 spiro atoms. The van der Waals surface area contributed by atoms with Crippen LogP contribution in [0.2, 0.25) is 0 Å². The van der Waals surface area contributed by atoms with E-state index in [0.717, 1.165) is 25.7 Å². The molecule has 1 aliphatic rings. The molecule has 1 fully saturated rings. The maximum absolute atomic E-state index is 12.1. The zero-order valence-corrected chi connectivity index (χ0v) is 12.9. The standard InChI is InChI=1S/C15H21NO4S/c1-21(19,20)10-11-6-8-12(9-7-11)15(18)16-13-4-2-3-5-14(13)17/h6-9,13-14,17H,2-5,10H2,1H3,(H,16,18)/t13-,14-/m0/s1. The van der Waals surface area contributed by atoms with Gasteiger partial charge in [0.1, 0.15) is 0 Å². The van der Waals surface area contributed by atoms with Crippen LogP contribution < -0.4 is 5.32 Å². The van der Waals surface area contributed by atoms with Gasteiger partial charge in [0.05, 0.1) is 17.9 Å². The highest BCUT2D eigenvalue weighted by atomic mass is 32.2. The average molecular weight is 311 g/mol. The highest BCUT2D eigenvalue weighted by molar-refractivity contribution is 7.89. The summed E-state index contributed by atoms with van der Waals surface area (Å²) in [5.41, 5.74) is 1.14. The van der Waals surface area contributed by atoms with Gasteiger partial charge in [0.15, 0.2) is 9.84 Å². The van der Waals surface area contributed by atoms with Crippen LogP contribution in [0, 0.1) is 0 Å². The summed E-state index contributed by atoms with van der Waals surface area (Å²) < 4.78 is 22.4. The fourth-order valence-electron chi connectivity index (χ4n) is 2.59. The Labute approximate surface area is 125 Å². The van der Waals surface area contributed by atoms with Gasteiger partial charge in [0, 0.05) is 11.8 Å². The van der Waals surface area contributed by atoms with Crippen LogP contribution in [-0.4, -0.2) is 37.8 Å². The molecule has 0 saturated heterocycles. The Balaban J connectivity index is 1.99. The van der Waals surface area contributed by atoms with Crippen LogP contribution in [0.4, 0.5) is 0 Å². The van der Waals surface area contributed by atoms with Crippen LogP contribution in [0.15, 0.2) is 24.3 Å². The Kier molecular flexibility index (Phi) is 5.00. The number of aliphatic hydroxyl groups excluding tert-OH is 1. The Hall–Kier alpha value is -1.40. The van der Waals surface area contributed by atoms with Crippen molar-refractivity contribution in [3.05, 3.63) is 35.4 Å². The summed E-state index contributed by atoms with van der Waals surface area (Å²) in [6.07, 6.45) is 4.21. The molecule has 2 atom stereocenters. The lowest BCUT2D eigenvalue weighted by Crippen LogP contribution is -2.45. The number of hydrogen-bond donors (Lipinski definition) is 2. The summed E-state index contributed by atoms with van der Waals surface area (Å²) >= 11 is 0. The van der Waals surface area contributed by atoms with Crippen molar-refractivity contribution in [2.75, 3.05) is 6.26 Å². The van der Waals surface area contributed by atoms with E-state index in [1.807, 2.05) is 0 Å². The molecule has 21 heavy (non-hydrogen) atoms. The van der Waals surface area contributed by atoms with E-state index in [1.54, 1.807) is 24.3 Å². The van der Waals surface area contributed by atoms with Gasteiger partial charge in [0.25, 0.3) is 5.91 Å². The molecule has 1 aliphatic carbocycles. The molecule has 1 aromatic carbocycles. The lowest BCUT2D eigenvalue weighted by atomic mass is 9.92. The monoisotopic (exact) mass is 311 g/mol. The molecule has 2 rings (SSSR count). The molecule has 0 aromatic heterocycles. The normalized spacial score (nSPS) is 22.8. The Morgan fingerprint density at radius 2 is 1.86 bits per heavy atom. The number of carbonyl (C=O) groups is 1. The Morgan fingerprint density at radius 3 is 2.43 bits per heavy atom. The van der Waals surface area contributed by atoms with E-state index in [4.69, 9.17) is 0 Å². The van der Waals surface area contributed by atoms with Gasteiger partial charge in [-0.25, -0.2) is 8.42 Å². The van der Waals surface area contributed by atoms with E-state index in [9.17, 15) is 18.3 Å². The summed E-state index contributed by atoms with van der Waals surface area (Å²) in [7, 11) is -3.07. The lowest BCUT2D eigenvalue weighted by Gasteiger charge is -2.28. The lowest BCUT2D eigenvalue weighted by molar-refractivity contribution is 0.0717. The third-order valence-corrected chi connectivity index (χ3v) is 4.55. The third-order valence-electron chi connectivity index (χ3n) is 3.69. The van der Waals surface area contributed by atoms with Crippen molar-refractivity contribution in [1.29, 1.82) is 0 Å². The maximum Gasteiger partial charge on any atom is 0.251 e. The summed E-state index contributed by atoms with van der Waals surface area (Å²) in [5, 5.41) is 12.7. The fourth-order valence-corrected chi connectivity index (χ4v) is 3.38. The first-order valence-corrected chi connectivity index (χ1v) is 9.17. The highest BCUT2D eigenvalue weighted by Crippen LogP contribution is 2.19. The SMILES string of the molecule is CS(=O)(=O)Cc1ccc(C(=O)N[C@H]2CCCC[C@@H]2O)cc1. The van der Waals surface area contributed by atoms with Gasteiger partial charge in [0.2, 0.25) is 0 Å². The molecule has 6 heteroatoms. The molecule has 1 aromatic rings. The molecule has 0 bridgehead atoms. The van der Waals surface area contributed by atoms with Crippen LogP contribution in [0.5, 0.6) is 0 Å². The molecule has 0 radical (unpaired) electrons. The molecule has 116 valence electrons. The minimum Gasteiger partial charge on any atom is -0.391 e. The average Bonchev–Trinajstić information content (AvgIpc) is 2.40. The van der Waals surface area contributed by atoms with E-state index in [0.29, 0.717) is 11.1 Å². The number of hydrogen-bond acceptors (Lipinski definition) is 4. The minimum atomic E-state index is -3.07. The maximum atomic E-state index is 12.1. The molecule has 2 N–H and O–H groups in total. The van der Waals surface area contributed by atoms with Crippen molar-refractivity contribution >= 4 is 15.7 Å². The predicted molar refractivity (Wildman–Crippen MR) is 80.7 cm³/mol. The molecule has 5 nitrogen and oxygen atoms in total. The second-order valence-electron chi connectivity index (χ2n) is 5.70. The molecule has 0 heterocycles. The van der Waals surface area contributed by atoms with Crippen LogP contribution in [0.25, 0.3) is 0 Å². The summed E-state index contributed by atoms with van der Waals surface area (Å²) in [4.78, 5) is 12.1. The molecule has 1 amide bonds. The van der Waals surface area contributed by atoms with E-state index < -0.39 is 15.9 Å². The first kappa shape index (κ1) is 16.0. The number of aliphatic hydroxyl groups is 1. The Bertz CT molecular complexity index is 595. The molecule has 1 saturated carbocycles. The smallest absolute Gasteiger partial charge is 0.251 e. The number of carbonyl (C=O) groups excluding carboxylic acids is 1. The van der Waals surface area contributed by atoms with Crippen molar-refractivity contribution in [3.63, 3.8) is 0 Å². The van der Waals surface area contributed by atoms with Crippen LogP contribution in [-0.2, 0) is 15.6 Å². The van der Waals surface area contributed by atoms with E-state index >= 15 is 0 Å². The number of rotatable bonds is 4. The summed E-state index contributed by atoms with van der Waals surface area (Å²) in [6.45, 7) is 0. The van der Waals surface area contributed by atoms with Gasteiger partial charge in [-0.15, -0.1) is 0 Å². The van der Waals surface area contributed by atoms with Crippen molar-refractivity contribution < 1.29 is 18.3 Å². The van der Waals surface area contributed by atoms with Gasteiger partial charge in [-0.05, 0) is 30.5 Å².